The summed E-state index contributed by atoms with van der Waals surface area (Å²) in [4.78, 5) is 7.40. The molecule has 1 aromatic rings. The van der Waals surface area contributed by atoms with E-state index in [1.165, 1.54) is 7.11 Å². The molecular weight excluding hydrogens is 223 g/mol. The summed E-state index contributed by atoms with van der Waals surface area (Å²) in [6, 6.07) is 0.108. The molecule has 5 nitrogen and oxygen atoms in total. The molecule has 0 aliphatic carbocycles. The fourth-order valence-corrected chi connectivity index (χ4v) is 1.11. The number of rotatable bonds is 5. The molecule has 94 valence electrons. The highest BCUT2D eigenvalue weighted by Gasteiger charge is 2.10. The quantitative estimate of drug-likeness (QED) is 0.743. The molecule has 0 saturated carbocycles. The topological polar surface area (TPSA) is 59.7 Å². The predicted octanol–water partition coefficient (Wildman–Crippen LogP) is 3.14. The van der Waals surface area contributed by atoms with E-state index in [9.17, 15) is 4.39 Å². The third kappa shape index (κ3) is 3.72. The third-order valence-electron chi connectivity index (χ3n) is 2.69. The summed E-state index contributed by atoms with van der Waals surface area (Å²) >= 11 is 0. The molecule has 0 aliphatic heterocycles. The molecule has 17 heavy (non-hydrogen) atoms. The summed E-state index contributed by atoms with van der Waals surface area (Å²) in [7, 11) is 1.41. The molecule has 0 fully saturated rings. The fraction of sp³-hybridized carbons (Fsp3) is 0.636. The summed E-state index contributed by atoms with van der Waals surface area (Å²) in [5.74, 6) is -0.302. The molecule has 0 spiro atoms. The second kappa shape index (κ2) is 6.22. The number of methoxy groups -OCH3 is 1. The fourth-order valence-electron chi connectivity index (χ4n) is 1.11. The normalized spacial score (nSPS) is 14.9. The van der Waals surface area contributed by atoms with Crippen LogP contribution in [-0.2, 0) is 0 Å². The average molecular weight is 240 g/mol. The lowest BCUT2D eigenvalue weighted by Crippen LogP contribution is -2.09. The Labute approximate surface area is 100 Å². The molecule has 0 N–H and O–H groups in total. The third-order valence-corrected chi connectivity index (χ3v) is 2.69. The SMILES string of the molecule is CCC(C)C(C)N=Nc1nc(OC)ncc1F. The van der Waals surface area contributed by atoms with Gasteiger partial charge in [0.2, 0.25) is 5.82 Å². The minimum atomic E-state index is -0.606. The lowest BCUT2D eigenvalue weighted by atomic mass is 10.0. The van der Waals surface area contributed by atoms with E-state index >= 15 is 0 Å². The summed E-state index contributed by atoms with van der Waals surface area (Å²) in [5, 5.41) is 7.84. The van der Waals surface area contributed by atoms with Gasteiger partial charge in [0.15, 0.2) is 5.82 Å². The Kier molecular flexibility index (Phi) is 4.93. The number of ether oxygens (including phenoxy) is 1. The van der Waals surface area contributed by atoms with Crippen molar-refractivity contribution >= 4 is 5.82 Å². The number of aromatic nitrogens is 2. The molecule has 0 amide bonds. The minimum Gasteiger partial charge on any atom is -0.467 e. The molecular formula is C11H17FN4O. The Bertz CT molecular complexity index is 397. The van der Waals surface area contributed by atoms with Crippen molar-refractivity contribution in [3.63, 3.8) is 0 Å². The first-order valence-corrected chi connectivity index (χ1v) is 5.55. The molecule has 2 atom stereocenters. The van der Waals surface area contributed by atoms with Crippen LogP contribution >= 0.6 is 0 Å². The molecule has 6 heteroatoms. The second-order valence-corrected chi connectivity index (χ2v) is 3.87. The van der Waals surface area contributed by atoms with E-state index < -0.39 is 5.82 Å². The van der Waals surface area contributed by atoms with Crippen LogP contribution in [0.25, 0.3) is 0 Å². The highest BCUT2D eigenvalue weighted by Crippen LogP contribution is 2.19. The molecule has 0 radical (unpaired) electrons. The molecule has 1 heterocycles. The van der Waals surface area contributed by atoms with Crippen LogP contribution < -0.4 is 4.74 Å². The van der Waals surface area contributed by atoms with E-state index in [1.54, 1.807) is 0 Å². The van der Waals surface area contributed by atoms with Crippen LogP contribution in [0, 0.1) is 11.7 Å². The van der Waals surface area contributed by atoms with Crippen LogP contribution in [0.4, 0.5) is 10.2 Å². The monoisotopic (exact) mass is 240 g/mol. The Morgan fingerprint density at radius 2 is 2.18 bits per heavy atom. The van der Waals surface area contributed by atoms with E-state index in [0.29, 0.717) is 5.92 Å². The maximum atomic E-state index is 13.3. The lowest BCUT2D eigenvalue weighted by Gasteiger charge is -2.11. The van der Waals surface area contributed by atoms with Gasteiger partial charge in [-0.2, -0.15) is 10.1 Å². The van der Waals surface area contributed by atoms with Crippen LogP contribution in [0.15, 0.2) is 16.4 Å². The van der Waals surface area contributed by atoms with Crippen LogP contribution in [0.1, 0.15) is 27.2 Å². The first-order valence-electron chi connectivity index (χ1n) is 5.55. The van der Waals surface area contributed by atoms with Gasteiger partial charge in [0, 0.05) is 0 Å². The highest BCUT2D eigenvalue weighted by molar-refractivity contribution is 5.27. The Balaban J connectivity index is 2.83. The molecule has 0 aromatic carbocycles. The molecule has 1 aromatic heterocycles. The van der Waals surface area contributed by atoms with E-state index in [1.807, 2.05) is 6.92 Å². The van der Waals surface area contributed by atoms with Gasteiger partial charge in [0.05, 0.1) is 19.3 Å². The maximum absolute atomic E-state index is 13.3. The second-order valence-electron chi connectivity index (χ2n) is 3.87. The Morgan fingerprint density at radius 1 is 1.47 bits per heavy atom. The van der Waals surface area contributed by atoms with Crippen molar-refractivity contribution in [3.8, 4) is 6.01 Å². The summed E-state index contributed by atoms with van der Waals surface area (Å²) < 4.78 is 18.1. The maximum Gasteiger partial charge on any atom is 0.318 e. The van der Waals surface area contributed by atoms with Crippen molar-refractivity contribution in [2.24, 2.45) is 16.1 Å². The predicted molar refractivity (Wildman–Crippen MR) is 62.0 cm³/mol. The van der Waals surface area contributed by atoms with Crippen molar-refractivity contribution in [1.82, 2.24) is 9.97 Å². The van der Waals surface area contributed by atoms with Crippen LogP contribution in [0.3, 0.4) is 0 Å². The number of hydrogen-bond donors (Lipinski definition) is 0. The van der Waals surface area contributed by atoms with Gasteiger partial charge in [0.1, 0.15) is 0 Å². The zero-order valence-electron chi connectivity index (χ0n) is 10.5. The van der Waals surface area contributed by atoms with E-state index in [-0.39, 0.29) is 17.9 Å². The van der Waals surface area contributed by atoms with E-state index in [4.69, 9.17) is 4.74 Å². The lowest BCUT2D eigenvalue weighted by molar-refractivity contribution is 0.376. The molecule has 2 unspecified atom stereocenters. The van der Waals surface area contributed by atoms with Gasteiger partial charge in [-0.05, 0) is 12.8 Å². The first kappa shape index (κ1) is 13.5. The van der Waals surface area contributed by atoms with E-state index in [0.717, 1.165) is 12.6 Å². The molecule has 0 aliphatic rings. The van der Waals surface area contributed by atoms with Crippen LogP contribution in [0.5, 0.6) is 6.01 Å². The molecule has 1 rings (SSSR count). The molecule has 0 saturated heterocycles. The van der Waals surface area contributed by atoms with Crippen LogP contribution in [0.2, 0.25) is 0 Å². The average Bonchev–Trinajstić information content (AvgIpc) is 2.36. The molecule has 0 bridgehead atoms. The van der Waals surface area contributed by atoms with Crippen molar-refractivity contribution in [2.75, 3.05) is 7.11 Å². The van der Waals surface area contributed by atoms with Crippen molar-refractivity contribution in [2.45, 2.75) is 33.2 Å². The van der Waals surface area contributed by atoms with Crippen molar-refractivity contribution in [3.05, 3.63) is 12.0 Å². The zero-order valence-corrected chi connectivity index (χ0v) is 10.5. The van der Waals surface area contributed by atoms with Gasteiger partial charge in [-0.25, -0.2) is 9.37 Å². The first-order chi connectivity index (χ1) is 8.08. The number of hydrogen-bond acceptors (Lipinski definition) is 5. The van der Waals surface area contributed by atoms with Gasteiger partial charge in [-0.15, -0.1) is 5.11 Å². The number of halogens is 1. The summed E-state index contributed by atoms with van der Waals surface area (Å²) in [6.07, 6.45) is 2.02. The van der Waals surface area contributed by atoms with Crippen molar-refractivity contribution < 1.29 is 9.13 Å². The summed E-state index contributed by atoms with van der Waals surface area (Å²) in [6.45, 7) is 6.08. The highest BCUT2D eigenvalue weighted by atomic mass is 19.1. The van der Waals surface area contributed by atoms with E-state index in [2.05, 4.69) is 34.0 Å². The Hall–Kier alpha value is -1.59. The zero-order chi connectivity index (χ0) is 12.8. The largest absolute Gasteiger partial charge is 0.467 e. The summed E-state index contributed by atoms with van der Waals surface area (Å²) in [5.41, 5.74) is 0. The van der Waals surface area contributed by atoms with Gasteiger partial charge in [0.25, 0.3) is 0 Å². The van der Waals surface area contributed by atoms with Crippen molar-refractivity contribution in [1.29, 1.82) is 0 Å². The van der Waals surface area contributed by atoms with Gasteiger partial charge in [-0.1, -0.05) is 20.3 Å². The standard InChI is InChI=1S/C11H17FN4O/c1-5-7(2)8(3)15-16-10-9(12)6-13-11(14-10)17-4/h6-8H,5H2,1-4H3. The number of nitrogens with zero attached hydrogens (tertiary/aromatic N) is 4. The van der Waals surface area contributed by atoms with Gasteiger partial charge < -0.3 is 4.74 Å². The number of azo groups is 1. The minimum absolute atomic E-state index is 0.0281. The van der Waals surface area contributed by atoms with Gasteiger partial charge >= 0.3 is 6.01 Å². The van der Waals surface area contributed by atoms with Gasteiger partial charge in [-0.3, -0.25) is 0 Å². The smallest absolute Gasteiger partial charge is 0.318 e. The Morgan fingerprint density at radius 3 is 2.76 bits per heavy atom. The van der Waals surface area contributed by atoms with Crippen LogP contribution in [-0.4, -0.2) is 23.1 Å².